The largest absolute Gasteiger partial charge is 0.368 e. The molecule has 0 aromatic carbocycles. The third kappa shape index (κ3) is 1.62. The van der Waals surface area contributed by atoms with Crippen LogP contribution in [0.3, 0.4) is 0 Å². The Hall–Kier alpha value is -0.540. The Morgan fingerprint density at radius 1 is 1.33 bits per heavy atom. The lowest BCUT2D eigenvalue weighted by atomic mass is 10.3. The summed E-state index contributed by atoms with van der Waals surface area (Å²) in [5.41, 5.74) is 1.34. The first-order chi connectivity index (χ1) is 5.86. The molecule has 0 saturated carbocycles. The van der Waals surface area contributed by atoms with Gasteiger partial charge in [-0.1, -0.05) is 0 Å². The van der Waals surface area contributed by atoms with E-state index in [0.717, 1.165) is 13.1 Å². The van der Waals surface area contributed by atoms with Gasteiger partial charge in [0.1, 0.15) is 0 Å². The van der Waals surface area contributed by atoms with Gasteiger partial charge in [-0.05, 0) is 13.1 Å². The van der Waals surface area contributed by atoms with Gasteiger partial charge < -0.3 is 9.80 Å². The molecule has 0 unspecified atom stereocenters. The predicted octanol–water partition coefficient (Wildman–Crippen LogP) is 1.30. The van der Waals surface area contributed by atoms with Crippen LogP contribution in [0.5, 0.6) is 0 Å². The van der Waals surface area contributed by atoms with Gasteiger partial charge in [0.05, 0.1) is 0 Å². The first-order valence-corrected chi connectivity index (χ1v) is 5.12. The maximum atomic E-state index is 3.12. The van der Waals surface area contributed by atoms with Gasteiger partial charge in [0, 0.05) is 42.6 Å². The van der Waals surface area contributed by atoms with Crippen molar-refractivity contribution in [3.8, 4) is 0 Å². The van der Waals surface area contributed by atoms with Crippen molar-refractivity contribution in [3.05, 3.63) is 16.8 Å². The number of piperazine rings is 1. The predicted molar refractivity (Wildman–Crippen MR) is 52.9 cm³/mol. The average Bonchev–Trinajstić information content (AvgIpc) is 2.58. The number of nitrogens with zero attached hydrogens (tertiary/aromatic N) is 2. The van der Waals surface area contributed by atoms with Crippen LogP contribution in [0.2, 0.25) is 0 Å². The molecule has 1 aliphatic heterocycles. The van der Waals surface area contributed by atoms with E-state index in [1.165, 1.54) is 18.8 Å². The van der Waals surface area contributed by atoms with Gasteiger partial charge in [-0.25, -0.2) is 0 Å². The zero-order valence-corrected chi connectivity index (χ0v) is 8.10. The molecule has 1 radical (unpaired) electrons. The minimum absolute atomic E-state index is 1.15. The Balaban J connectivity index is 1.99. The lowest BCUT2D eigenvalue weighted by Crippen LogP contribution is -2.44. The Labute approximate surface area is 77.4 Å². The van der Waals surface area contributed by atoms with Gasteiger partial charge in [0.2, 0.25) is 0 Å². The van der Waals surface area contributed by atoms with Gasteiger partial charge in [-0.3, -0.25) is 0 Å². The molecule has 1 aromatic rings. The van der Waals surface area contributed by atoms with Gasteiger partial charge in [-0.2, -0.15) is 0 Å². The van der Waals surface area contributed by atoms with Crippen molar-refractivity contribution in [1.82, 2.24) is 4.90 Å². The first-order valence-electron chi connectivity index (χ1n) is 4.24. The van der Waals surface area contributed by atoms with Crippen LogP contribution in [0, 0.1) is 5.38 Å². The van der Waals surface area contributed by atoms with Gasteiger partial charge in [0.25, 0.3) is 0 Å². The van der Waals surface area contributed by atoms with E-state index < -0.39 is 0 Å². The van der Waals surface area contributed by atoms with Crippen molar-refractivity contribution in [1.29, 1.82) is 0 Å². The van der Waals surface area contributed by atoms with Crippen molar-refractivity contribution in [3.63, 3.8) is 0 Å². The highest BCUT2D eigenvalue weighted by Crippen LogP contribution is 2.18. The van der Waals surface area contributed by atoms with E-state index in [1.807, 2.05) is 0 Å². The second-order valence-electron chi connectivity index (χ2n) is 3.21. The SMILES string of the molecule is CN1CCN(c2c[c]sc2)CC1. The molecule has 2 heterocycles. The molecule has 65 valence electrons. The third-order valence-corrected chi connectivity index (χ3v) is 2.94. The maximum Gasteiger partial charge on any atom is 0.0482 e. The monoisotopic (exact) mass is 181 g/mol. The Morgan fingerprint density at radius 2 is 2.08 bits per heavy atom. The Kier molecular flexibility index (Phi) is 2.33. The van der Waals surface area contributed by atoms with Crippen molar-refractivity contribution in [2.75, 3.05) is 38.1 Å². The highest BCUT2D eigenvalue weighted by Gasteiger charge is 2.13. The van der Waals surface area contributed by atoms with Gasteiger partial charge in [0.15, 0.2) is 0 Å². The van der Waals surface area contributed by atoms with Gasteiger partial charge in [-0.15, -0.1) is 11.3 Å². The molecule has 2 rings (SSSR count). The number of likely N-dealkylation sites (N-methyl/N-ethyl adjacent to an activating group) is 1. The highest BCUT2D eigenvalue weighted by atomic mass is 32.1. The maximum absolute atomic E-state index is 3.12. The van der Waals surface area contributed by atoms with Crippen LogP contribution in [0.25, 0.3) is 0 Å². The van der Waals surface area contributed by atoms with E-state index in [-0.39, 0.29) is 0 Å². The fourth-order valence-electron chi connectivity index (χ4n) is 1.45. The standard InChI is InChI=1S/C9H13N2S/c1-10-3-5-11(6-4-10)9-2-7-12-8-9/h2,8H,3-6H2,1H3. The molecule has 1 saturated heterocycles. The van der Waals surface area contributed by atoms with Crippen molar-refractivity contribution >= 4 is 17.0 Å². The van der Waals surface area contributed by atoms with Crippen LogP contribution in [-0.4, -0.2) is 38.1 Å². The quantitative estimate of drug-likeness (QED) is 0.644. The van der Waals surface area contributed by atoms with Crippen LogP contribution in [0.1, 0.15) is 0 Å². The Bertz CT molecular complexity index is 225. The molecule has 12 heavy (non-hydrogen) atoms. The molecule has 2 nitrogen and oxygen atoms in total. The minimum Gasteiger partial charge on any atom is -0.368 e. The van der Waals surface area contributed by atoms with E-state index in [9.17, 15) is 0 Å². The van der Waals surface area contributed by atoms with E-state index in [4.69, 9.17) is 0 Å². The summed E-state index contributed by atoms with van der Waals surface area (Å²) in [6.07, 6.45) is 0. The molecule has 0 bridgehead atoms. The summed E-state index contributed by atoms with van der Waals surface area (Å²) in [5.74, 6) is 0. The molecule has 1 aromatic heterocycles. The fourth-order valence-corrected chi connectivity index (χ4v) is 2.05. The average molecular weight is 181 g/mol. The smallest absolute Gasteiger partial charge is 0.0482 e. The number of thiophene rings is 1. The lowest BCUT2D eigenvalue weighted by molar-refractivity contribution is 0.313. The van der Waals surface area contributed by atoms with Crippen LogP contribution in [0.4, 0.5) is 5.69 Å². The number of anilines is 1. The fraction of sp³-hybridized carbons (Fsp3) is 0.556. The molecule has 0 atom stereocenters. The van der Waals surface area contributed by atoms with Crippen LogP contribution in [-0.2, 0) is 0 Å². The summed E-state index contributed by atoms with van der Waals surface area (Å²) < 4.78 is 0. The molecule has 0 N–H and O–H groups in total. The van der Waals surface area contributed by atoms with Crippen molar-refractivity contribution in [2.24, 2.45) is 0 Å². The van der Waals surface area contributed by atoms with Crippen LogP contribution >= 0.6 is 11.3 Å². The number of hydrogen-bond donors (Lipinski definition) is 0. The zero-order valence-electron chi connectivity index (χ0n) is 7.29. The number of rotatable bonds is 1. The van der Waals surface area contributed by atoms with Gasteiger partial charge >= 0.3 is 0 Å². The molecule has 0 spiro atoms. The van der Waals surface area contributed by atoms with E-state index >= 15 is 0 Å². The van der Waals surface area contributed by atoms with E-state index in [0.29, 0.717) is 0 Å². The van der Waals surface area contributed by atoms with E-state index in [2.05, 4.69) is 33.7 Å². The van der Waals surface area contributed by atoms with Crippen LogP contribution in [0.15, 0.2) is 11.4 Å². The topological polar surface area (TPSA) is 6.48 Å². The normalized spacial score (nSPS) is 19.9. The summed E-state index contributed by atoms with van der Waals surface area (Å²) in [4.78, 5) is 4.79. The highest BCUT2D eigenvalue weighted by molar-refractivity contribution is 7.07. The molecule has 3 heteroatoms. The molecular formula is C9H13N2S. The molecule has 1 aliphatic rings. The third-order valence-electron chi connectivity index (χ3n) is 2.32. The van der Waals surface area contributed by atoms with Crippen LogP contribution < -0.4 is 4.90 Å². The summed E-state index contributed by atoms with van der Waals surface area (Å²) in [7, 11) is 2.18. The van der Waals surface area contributed by atoms with Crippen molar-refractivity contribution in [2.45, 2.75) is 0 Å². The first kappa shape index (κ1) is 8.08. The summed E-state index contributed by atoms with van der Waals surface area (Å²) >= 11 is 1.65. The summed E-state index contributed by atoms with van der Waals surface area (Å²) in [5, 5.41) is 5.30. The molecule has 0 amide bonds. The number of hydrogen-bond acceptors (Lipinski definition) is 3. The Morgan fingerprint density at radius 3 is 2.67 bits per heavy atom. The van der Waals surface area contributed by atoms with E-state index in [1.54, 1.807) is 11.3 Å². The lowest BCUT2D eigenvalue weighted by Gasteiger charge is -2.33. The molecular weight excluding hydrogens is 168 g/mol. The second-order valence-corrected chi connectivity index (χ2v) is 3.92. The summed E-state index contributed by atoms with van der Waals surface area (Å²) in [6.45, 7) is 4.66. The van der Waals surface area contributed by atoms with Crippen molar-refractivity contribution < 1.29 is 0 Å². The molecule has 1 fully saturated rings. The second kappa shape index (κ2) is 3.46. The zero-order chi connectivity index (χ0) is 8.39. The minimum atomic E-state index is 1.15. The molecule has 0 aliphatic carbocycles. The summed E-state index contributed by atoms with van der Waals surface area (Å²) in [6, 6.07) is 2.08.